The van der Waals surface area contributed by atoms with E-state index < -0.39 is 6.04 Å². The van der Waals surface area contributed by atoms with Crippen molar-refractivity contribution in [2.24, 2.45) is 0 Å². The maximum absolute atomic E-state index is 13.2. The van der Waals surface area contributed by atoms with Crippen LogP contribution in [0.1, 0.15) is 49.4 Å². The summed E-state index contributed by atoms with van der Waals surface area (Å²) in [4.78, 5) is 27.7. The van der Waals surface area contributed by atoms with E-state index in [1.807, 2.05) is 84.0 Å². The van der Waals surface area contributed by atoms with Crippen molar-refractivity contribution in [3.05, 3.63) is 64.7 Å². The Kier molecular flexibility index (Phi) is 8.46. The molecule has 0 heterocycles. The van der Waals surface area contributed by atoms with Crippen LogP contribution in [0.3, 0.4) is 0 Å². The molecule has 0 aliphatic rings. The number of benzene rings is 2. The lowest BCUT2D eigenvalue weighted by molar-refractivity contribution is -0.143. The van der Waals surface area contributed by atoms with Gasteiger partial charge in [0, 0.05) is 12.6 Å². The smallest absolute Gasteiger partial charge is 0.261 e. The Balaban J connectivity index is 2.25. The zero-order valence-corrected chi connectivity index (χ0v) is 19.0. The highest BCUT2D eigenvalue weighted by Crippen LogP contribution is 2.20. The SMILES string of the molecule is CC[C@H](C(=O)NC(C)C)N(Cc1ccccc1C)C(=O)COc1ccc(C)cc1C. The van der Waals surface area contributed by atoms with Gasteiger partial charge >= 0.3 is 0 Å². The Bertz CT molecular complexity index is 876. The second kappa shape index (κ2) is 10.8. The highest BCUT2D eigenvalue weighted by Gasteiger charge is 2.29. The van der Waals surface area contributed by atoms with Crippen LogP contribution in [0.4, 0.5) is 0 Å². The number of rotatable bonds is 9. The molecule has 2 aromatic carbocycles. The molecule has 0 radical (unpaired) electrons. The third-order valence-electron chi connectivity index (χ3n) is 5.10. The topological polar surface area (TPSA) is 58.6 Å². The molecule has 0 aliphatic heterocycles. The van der Waals surface area contributed by atoms with Crippen molar-refractivity contribution in [1.82, 2.24) is 10.2 Å². The number of nitrogens with zero attached hydrogens (tertiary/aromatic N) is 1. The Morgan fingerprint density at radius 1 is 1.03 bits per heavy atom. The van der Waals surface area contributed by atoms with Gasteiger partial charge in [-0.05, 0) is 63.8 Å². The average molecular weight is 411 g/mol. The molecule has 0 unspecified atom stereocenters. The van der Waals surface area contributed by atoms with Crippen LogP contribution in [0, 0.1) is 20.8 Å². The van der Waals surface area contributed by atoms with E-state index in [9.17, 15) is 9.59 Å². The van der Waals surface area contributed by atoms with Crippen LogP contribution in [0.2, 0.25) is 0 Å². The molecule has 5 nitrogen and oxygen atoms in total. The number of aryl methyl sites for hydroxylation is 3. The molecule has 0 saturated heterocycles. The first kappa shape index (κ1) is 23.5. The van der Waals surface area contributed by atoms with Crippen LogP contribution >= 0.6 is 0 Å². The fraction of sp³-hybridized carbons (Fsp3) is 0.440. The van der Waals surface area contributed by atoms with E-state index in [2.05, 4.69) is 5.32 Å². The largest absolute Gasteiger partial charge is 0.483 e. The van der Waals surface area contributed by atoms with E-state index in [0.29, 0.717) is 18.7 Å². The normalized spacial score (nSPS) is 11.8. The van der Waals surface area contributed by atoms with E-state index in [1.165, 1.54) is 0 Å². The molecule has 0 spiro atoms. The first-order valence-electron chi connectivity index (χ1n) is 10.6. The highest BCUT2D eigenvalue weighted by atomic mass is 16.5. The monoisotopic (exact) mass is 410 g/mol. The minimum atomic E-state index is -0.553. The van der Waals surface area contributed by atoms with E-state index in [-0.39, 0.29) is 24.5 Å². The van der Waals surface area contributed by atoms with Gasteiger partial charge in [0.15, 0.2) is 6.61 Å². The molecule has 0 aliphatic carbocycles. The summed E-state index contributed by atoms with van der Waals surface area (Å²) in [6, 6.07) is 13.2. The zero-order valence-electron chi connectivity index (χ0n) is 19.0. The van der Waals surface area contributed by atoms with Crippen LogP contribution in [0.5, 0.6) is 5.75 Å². The Morgan fingerprint density at radius 2 is 1.73 bits per heavy atom. The van der Waals surface area contributed by atoms with E-state index in [1.54, 1.807) is 4.90 Å². The van der Waals surface area contributed by atoms with Crippen molar-refractivity contribution in [3.63, 3.8) is 0 Å². The Morgan fingerprint density at radius 3 is 2.33 bits per heavy atom. The summed E-state index contributed by atoms with van der Waals surface area (Å²) in [5.74, 6) is 0.342. The van der Waals surface area contributed by atoms with E-state index in [0.717, 1.165) is 22.3 Å². The first-order chi connectivity index (χ1) is 14.2. The molecule has 5 heteroatoms. The van der Waals surface area contributed by atoms with Crippen molar-refractivity contribution in [1.29, 1.82) is 0 Å². The predicted octanol–water partition coefficient (Wildman–Crippen LogP) is 4.32. The van der Waals surface area contributed by atoms with Crippen LogP contribution in [-0.4, -0.2) is 35.4 Å². The lowest BCUT2D eigenvalue weighted by Crippen LogP contribution is -2.51. The van der Waals surface area contributed by atoms with Crippen molar-refractivity contribution in [2.45, 2.75) is 66.6 Å². The number of nitrogens with one attached hydrogen (secondary N) is 1. The number of ether oxygens (including phenoxy) is 1. The van der Waals surface area contributed by atoms with Gasteiger partial charge in [0.2, 0.25) is 5.91 Å². The Hall–Kier alpha value is -2.82. The number of hydrogen-bond acceptors (Lipinski definition) is 3. The summed E-state index contributed by atoms with van der Waals surface area (Å²) in [6.45, 7) is 12.0. The summed E-state index contributed by atoms with van der Waals surface area (Å²) in [7, 11) is 0. The molecule has 0 saturated carbocycles. The quantitative estimate of drug-likeness (QED) is 0.670. The second-order valence-corrected chi connectivity index (χ2v) is 8.09. The van der Waals surface area contributed by atoms with Gasteiger partial charge in [-0.2, -0.15) is 0 Å². The third-order valence-corrected chi connectivity index (χ3v) is 5.10. The minimum absolute atomic E-state index is 0.00780. The second-order valence-electron chi connectivity index (χ2n) is 8.09. The summed E-state index contributed by atoms with van der Waals surface area (Å²) < 4.78 is 5.84. The number of carbonyl (C=O) groups is 2. The van der Waals surface area contributed by atoms with Gasteiger partial charge in [0.05, 0.1) is 0 Å². The molecule has 30 heavy (non-hydrogen) atoms. The van der Waals surface area contributed by atoms with Gasteiger partial charge in [-0.15, -0.1) is 0 Å². The van der Waals surface area contributed by atoms with Gasteiger partial charge in [-0.3, -0.25) is 9.59 Å². The molecule has 1 atom stereocenters. The number of carbonyl (C=O) groups excluding carboxylic acids is 2. The third kappa shape index (κ3) is 6.34. The molecule has 2 aromatic rings. The van der Waals surface area contributed by atoms with Gasteiger partial charge < -0.3 is 15.0 Å². The molecule has 2 amide bonds. The molecule has 2 rings (SSSR count). The molecule has 1 N–H and O–H groups in total. The highest BCUT2D eigenvalue weighted by molar-refractivity contribution is 5.88. The van der Waals surface area contributed by atoms with Gasteiger partial charge in [-0.1, -0.05) is 48.9 Å². The summed E-state index contributed by atoms with van der Waals surface area (Å²) in [6.07, 6.45) is 0.528. The van der Waals surface area contributed by atoms with Gasteiger partial charge in [0.25, 0.3) is 5.91 Å². The molecular weight excluding hydrogens is 376 g/mol. The van der Waals surface area contributed by atoms with Crippen LogP contribution in [0.15, 0.2) is 42.5 Å². The van der Waals surface area contributed by atoms with Gasteiger partial charge in [0.1, 0.15) is 11.8 Å². The van der Waals surface area contributed by atoms with Gasteiger partial charge in [-0.25, -0.2) is 0 Å². The fourth-order valence-corrected chi connectivity index (χ4v) is 3.45. The summed E-state index contributed by atoms with van der Waals surface area (Å²) in [5.41, 5.74) is 4.24. The molecular formula is C25H34N2O3. The summed E-state index contributed by atoms with van der Waals surface area (Å²) in [5, 5.41) is 2.95. The molecule has 162 valence electrons. The maximum Gasteiger partial charge on any atom is 0.261 e. The van der Waals surface area contributed by atoms with Crippen molar-refractivity contribution in [3.8, 4) is 5.75 Å². The van der Waals surface area contributed by atoms with Crippen LogP contribution in [-0.2, 0) is 16.1 Å². The van der Waals surface area contributed by atoms with Crippen LogP contribution < -0.4 is 10.1 Å². The standard InChI is InChI=1S/C25H34N2O3/c1-7-22(25(29)26-17(2)3)27(15-21-11-9-8-10-19(21)5)24(28)16-30-23-13-12-18(4)14-20(23)6/h8-14,17,22H,7,15-16H2,1-6H3,(H,26,29)/t22-/m1/s1. The average Bonchev–Trinajstić information content (AvgIpc) is 2.67. The minimum Gasteiger partial charge on any atom is -0.483 e. The summed E-state index contributed by atoms with van der Waals surface area (Å²) >= 11 is 0. The molecule has 0 bridgehead atoms. The number of amides is 2. The fourth-order valence-electron chi connectivity index (χ4n) is 3.45. The van der Waals surface area contributed by atoms with Crippen molar-refractivity contribution >= 4 is 11.8 Å². The van der Waals surface area contributed by atoms with Crippen molar-refractivity contribution in [2.75, 3.05) is 6.61 Å². The molecule has 0 aromatic heterocycles. The lowest BCUT2D eigenvalue weighted by Gasteiger charge is -2.31. The van der Waals surface area contributed by atoms with E-state index >= 15 is 0 Å². The Labute approximate surface area is 180 Å². The van der Waals surface area contributed by atoms with Crippen molar-refractivity contribution < 1.29 is 14.3 Å². The predicted molar refractivity (Wildman–Crippen MR) is 120 cm³/mol. The molecule has 0 fully saturated rings. The lowest BCUT2D eigenvalue weighted by atomic mass is 10.1. The van der Waals surface area contributed by atoms with Crippen LogP contribution in [0.25, 0.3) is 0 Å². The maximum atomic E-state index is 13.2. The zero-order chi connectivity index (χ0) is 22.3. The first-order valence-corrected chi connectivity index (χ1v) is 10.6. The number of hydrogen-bond donors (Lipinski definition) is 1. The van der Waals surface area contributed by atoms with E-state index in [4.69, 9.17) is 4.74 Å².